The Hall–Kier alpha value is -8.93. The summed E-state index contributed by atoms with van der Waals surface area (Å²) in [5.41, 5.74) is 14.2. The normalized spacial score (nSPS) is 11.6. The molecular formula is C61H38N4O. The van der Waals surface area contributed by atoms with Crippen LogP contribution in [-0.4, -0.2) is 19.5 Å². The second-order valence-electron chi connectivity index (χ2n) is 16.7. The minimum Gasteiger partial charge on any atom is -0.456 e. The van der Waals surface area contributed by atoms with E-state index in [1.807, 2.05) is 18.2 Å². The molecule has 0 aliphatic carbocycles. The van der Waals surface area contributed by atoms with E-state index in [2.05, 4.69) is 217 Å². The van der Waals surface area contributed by atoms with Crippen LogP contribution in [0.4, 0.5) is 0 Å². The third-order valence-electron chi connectivity index (χ3n) is 12.8. The van der Waals surface area contributed by atoms with Gasteiger partial charge in [-0.2, -0.15) is 0 Å². The molecule has 5 nitrogen and oxygen atoms in total. The topological polar surface area (TPSA) is 56.7 Å². The summed E-state index contributed by atoms with van der Waals surface area (Å²) in [5.74, 6) is 1.73. The first-order valence-corrected chi connectivity index (χ1v) is 22.3. The molecule has 0 N–H and O–H groups in total. The van der Waals surface area contributed by atoms with Crippen molar-refractivity contribution in [1.29, 1.82) is 0 Å². The van der Waals surface area contributed by atoms with E-state index in [9.17, 15) is 0 Å². The highest BCUT2D eigenvalue weighted by molar-refractivity contribution is 6.19. The van der Waals surface area contributed by atoms with Crippen molar-refractivity contribution in [2.75, 3.05) is 0 Å². The van der Waals surface area contributed by atoms with Gasteiger partial charge in [-0.25, -0.2) is 15.0 Å². The maximum Gasteiger partial charge on any atom is 0.164 e. The summed E-state index contributed by atoms with van der Waals surface area (Å²) in [6.45, 7) is 0. The third kappa shape index (κ3) is 6.28. The van der Waals surface area contributed by atoms with Crippen LogP contribution < -0.4 is 0 Å². The van der Waals surface area contributed by atoms with Crippen LogP contribution >= 0.6 is 0 Å². The second-order valence-corrected chi connectivity index (χ2v) is 16.7. The Kier molecular flexibility index (Phi) is 8.78. The van der Waals surface area contributed by atoms with Gasteiger partial charge in [0.2, 0.25) is 0 Å². The number of furan rings is 1. The van der Waals surface area contributed by atoms with Crippen LogP contribution in [0.3, 0.4) is 0 Å². The van der Waals surface area contributed by atoms with Crippen LogP contribution in [0.25, 0.3) is 128 Å². The fourth-order valence-electron chi connectivity index (χ4n) is 9.78. The third-order valence-corrected chi connectivity index (χ3v) is 12.8. The Balaban J connectivity index is 1.08. The number of hydrogen-bond acceptors (Lipinski definition) is 4. The van der Waals surface area contributed by atoms with E-state index in [0.29, 0.717) is 17.5 Å². The summed E-state index contributed by atoms with van der Waals surface area (Å²) in [4.78, 5) is 16.0. The Morgan fingerprint density at radius 3 is 1.68 bits per heavy atom. The zero-order valence-corrected chi connectivity index (χ0v) is 35.6. The maximum atomic E-state index is 6.57. The van der Waals surface area contributed by atoms with E-state index >= 15 is 0 Å². The van der Waals surface area contributed by atoms with Crippen LogP contribution in [-0.2, 0) is 0 Å². The monoisotopic (exact) mass is 842 g/mol. The van der Waals surface area contributed by atoms with Gasteiger partial charge in [-0.05, 0) is 99.3 Å². The van der Waals surface area contributed by atoms with Gasteiger partial charge in [-0.15, -0.1) is 0 Å². The molecule has 0 aliphatic heterocycles. The lowest BCUT2D eigenvalue weighted by molar-refractivity contribution is 0.669. The molecule has 13 rings (SSSR count). The van der Waals surface area contributed by atoms with Gasteiger partial charge in [0.15, 0.2) is 17.5 Å². The molecule has 0 radical (unpaired) electrons. The molecule has 0 saturated heterocycles. The lowest BCUT2D eigenvalue weighted by atomic mass is 9.86. The minimum absolute atomic E-state index is 0.562. The van der Waals surface area contributed by atoms with Gasteiger partial charge in [0.05, 0.1) is 11.0 Å². The quantitative estimate of drug-likeness (QED) is 0.160. The van der Waals surface area contributed by atoms with Crippen molar-refractivity contribution < 1.29 is 4.42 Å². The largest absolute Gasteiger partial charge is 0.456 e. The molecule has 13 aromatic rings. The van der Waals surface area contributed by atoms with Crippen LogP contribution in [0, 0.1) is 0 Å². The lowest BCUT2D eigenvalue weighted by Crippen LogP contribution is -2.02. The number of aromatic nitrogens is 4. The molecule has 0 unspecified atom stereocenters. The van der Waals surface area contributed by atoms with Gasteiger partial charge >= 0.3 is 0 Å². The molecule has 308 valence electrons. The highest BCUT2D eigenvalue weighted by Gasteiger charge is 2.23. The van der Waals surface area contributed by atoms with Gasteiger partial charge in [-0.3, -0.25) is 0 Å². The number of rotatable bonds is 7. The summed E-state index contributed by atoms with van der Waals surface area (Å²) in [7, 11) is 0. The molecule has 0 atom stereocenters. The molecule has 0 bridgehead atoms. The summed E-state index contributed by atoms with van der Waals surface area (Å²) < 4.78 is 8.93. The fourth-order valence-corrected chi connectivity index (χ4v) is 9.78. The Bertz CT molecular complexity index is 3970. The van der Waals surface area contributed by atoms with Gasteiger partial charge < -0.3 is 8.98 Å². The predicted molar refractivity (Wildman–Crippen MR) is 272 cm³/mol. The number of hydrogen-bond donors (Lipinski definition) is 0. The van der Waals surface area contributed by atoms with Crippen molar-refractivity contribution in [3.63, 3.8) is 0 Å². The summed E-state index contributed by atoms with van der Waals surface area (Å²) in [6, 6.07) is 81.1. The average Bonchev–Trinajstić information content (AvgIpc) is 3.94. The number of para-hydroxylation sites is 2. The zero-order chi connectivity index (χ0) is 43.6. The molecule has 0 fully saturated rings. The van der Waals surface area contributed by atoms with Crippen molar-refractivity contribution in [3.05, 3.63) is 231 Å². The SMILES string of the molecule is c1ccc(-c2cc(-c3ccc4c(c3)c3ccccc3n4-c3ccccc3)c(-c3ccccc3)c(-c3nc(-c4ccccc4)nc(-c4ccc5c(c4)oc4ccc6ccccc6c45)n3)c2)cc1. The van der Waals surface area contributed by atoms with Gasteiger partial charge in [0.25, 0.3) is 0 Å². The van der Waals surface area contributed by atoms with E-state index in [0.717, 1.165) is 83.2 Å². The molecule has 0 aliphatic rings. The second kappa shape index (κ2) is 15.4. The molecule has 5 heteroatoms. The van der Waals surface area contributed by atoms with Crippen molar-refractivity contribution in [2.45, 2.75) is 0 Å². The molecule has 10 aromatic carbocycles. The summed E-state index contributed by atoms with van der Waals surface area (Å²) >= 11 is 0. The Morgan fingerprint density at radius 2 is 0.909 bits per heavy atom. The first kappa shape index (κ1) is 37.6. The van der Waals surface area contributed by atoms with Crippen molar-refractivity contribution in [1.82, 2.24) is 19.5 Å². The first-order valence-electron chi connectivity index (χ1n) is 22.3. The zero-order valence-electron chi connectivity index (χ0n) is 35.6. The molecule has 0 amide bonds. The number of fused-ring (bicyclic) bond motifs is 8. The van der Waals surface area contributed by atoms with Gasteiger partial charge in [0.1, 0.15) is 11.2 Å². The summed E-state index contributed by atoms with van der Waals surface area (Å²) in [5, 5.41) is 6.88. The van der Waals surface area contributed by atoms with Crippen molar-refractivity contribution in [2.24, 2.45) is 0 Å². The minimum atomic E-state index is 0.562. The van der Waals surface area contributed by atoms with Crippen LogP contribution in [0.2, 0.25) is 0 Å². The molecule has 3 aromatic heterocycles. The Morgan fingerprint density at radius 1 is 0.318 bits per heavy atom. The van der Waals surface area contributed by atoms with Crippen LogP contribution in [0.1, 0.15) is 0 Å². The highest BCUT2D eigenvalue weighted by Crippen LogP contribution is 2.45. The number of benzene rings is 10. The van der Waals surface area contributed by atoms with Gasteiger partial charge in [0, 0.05) is 49.5 Å². The Labute approximate surface area is 380 Å². The number of nitrogens with zero attached hydrogens (tertiary/aromatic N) is 4. The van der Waals surface area contributed by atoms with E-state index in [4.69, 9.17) is 19.4 Å². The van der Waals surface area contributed by atoms with Crippen molar-refractivity contribution in [3.8, 4) is 73.2 Å². The highest BCUT2D eigenvalue weighted by atomic mass is 16.3. The fraction of sp³-hybridized carbons (Fsp3) is 0. The lowest BCUT2D eigenvalue weighted by Gasteiger charge is -2.19. The first-order chi connectivity index (χ1) is 32.7. The summed E-state index contributed by atoms with van der Waals surface area (Å²) in [6.07, 6.45) is 0. The molecule has 66 heavy (non-hydrogen) atoms. The molecule has 0 saturated carbocycles. The van der Waals surface area contributed by atoms with Crippen LogP contribution in [0.15, 0.2) is 235 Å². The van der Waals surface area contributed by atoms with Crippen LogP contribution in [0.5, 0.6) is 0 Å². The van der Waals surface area contributed by atoms with Crippen molar-refractivity contribution >= 4 is 54.5 Å². The van der Waals surface area contributed by atoms with E-state index in [1.165, 1.54) is 27.1 Å². The smallest absolute Gasteiger partial charge is 0.164 e. The standard InChI is InChI=1S/C61H38N4O/c1-5-17-39(18-6-1)45-36-50(43-30-33-54-51(35-43)48-27-15-16-28-53(48)65(54)46-24-11-4-12-25-46)57(41-20-7-2-8-21-41)52(37-45)61-63-59(42-22-9-3-10-23-42)62-60(64-61)44-29-32-49-56(38-44)66-55-34-31-40-19-13-14-26-47(40)58(49)55/h1-38H. The average molecular weight is 843 g/mol. The molecular weight excluding hydrogens is 805 g/mol. The maximum absolute atomic E-state index is 6.57. The predicted octanol–water partition coefficient (Wildman–Crippen LogP) is 16.0. The van der Waals surface area contributed by atoms with E-state index in [1.54, 1.807) is 0 Å². The molecule has 3 heterocycles. The molecule has 0 spiro atoms. The van der Waals surface area contributed by atoms with E-state index < -0.39 is 0 Å². The van der Waals surface area contributed by atoms with Gasteiger partial charge in [-0.1, -0.05) is 170 Å². The van der Waals surface area contributed by atoms with E-state index in [-0.39, 0.29) is 0 Å².